The molecule has 1 unspecified atom stereocenters. The van der Waals surface area contributed by atoms with Gasteiger partial charge in [0.15, 0.2) is 0 Å². The summed E-state index contributed by atoms with van der Waals surface area (Å²) < 4.78 is 5.14. The largest absolute Gasteiger partial charge is 0.481 e. The zero-order chi connectivity index (χ0) is 16.1. The first kappa shape index (κ1) is 16.1. The van der Waals surface area contributed by atoms with Gasteiger partial charge in [0.05, 0.1) is 7.11 Å². The second-order valence-corrected chi connectivity index (χ2v) is 6.54. The van der Waals surface area contributed by atoms with Gasteiger partial charge in [-0.3, -0.25) is 4.90 Å². The van der Waals surface area contributed by atoms with Gasteiger partial charge < -0.3 is 10.1 Å². The molecule has 2 heterocycles. The molecule has 1 atom stereocenters. The summed E-state index contributed by atoms with van der Waals surface area (Å²) in [4.78, 5) is 12.1. The van der Waals surface area contributed by atoms with Crippen molar-refractivity contribution in [2.75, 3.05) is 31.8 Å². The van der Waals surface area contributed by atoms with Crippen LogP contribution in [0.25, 0.3) is 0 Å². The number of anilines is 1. The maximum atomic E-state index is 5.14. The Labute approximate surface area is 141 Å². The minimum absolute atomic E-state index is 0.417. The second kappa shape index (κ2) is 7.66. The summed E-state index contributed by atoms with van der Waals surface area (Å²) in [5.74, 6) is 1.42. The Hall–Kier alpha value is -1.79. The molecule has 0 spiro atoms. The van der Waals surface area contributed by atoms with Gasteiger partial charge in [-0.05, 0) is 30.4 Å². The lowest BCUT2D eigenvalue weighted by Crippen LogP contribution is -2.26. The maximum Gasteiger partial charge on any atom is 0.218 e. The van der Waals surface area contributed by atoms with E-state index in [1.165, 1.54) is 16.8 Å². The van der Waals surface area contributed by atoms with E-state index in [2.05, 4.69) is 50.7 Å². The minimum atomic E-state index is 0.417. The van der Waals surface area contributed by atoms with Crippen LogP contribution in [0.5, 0.6) is 5.88 Å². The van der Waals surface area contributed by atoms with Crippen LogP contribution in [0.4, 0.5) is 5.82 Å². The summed E-state index contributed by atoms with van der Waals surface area (Å²) in [5, 5.41) is 3.47. The van der Waals surface area contributed by atoms with E-state index in [9.17, 15) is 0 Å². The molecule has 2 aromatic rings. The van der Waals surface area contributed by atoms with E-state index < -0.39 is 0 Å². The zero-order valence-electron chi connectivity index (χ0n) is 13.5. The molecular formula is C17H22N4OS. The summed E-state index contributed by atoms with van der Waals surface area (Å²) in [6, 6.07) is 11.1. The van der Waals surface area contributed by atoms with Crippen molar-refractivity contribution < 1.29 is 4.74 Å². The monoisotopic (exact) mass is 330 g/mol. The molecule has 1 aliphatic rings. The van der Waals surface area contributed by atoms with Crippen LogP contribution in [0.2, 0.25) is 0 Å². The molecule has 6 heteroatoms. The first-order valence-corrected chi connectivity index (χ1v) is 8.97. The van der Waals surface area contributed by atoms with Gasteiger partial charge in [-0.15, -0.1) is 11.8 Å². The fourth-order valence-corrected chi connectivity index (χ4v) is 3.23. The topological polar surface area (TPSA) is 50.3 Å². The SMILES string of the molecule is COc1cc(NC2CCN(Cc3ccc(SC)cc3)C2)ncn1. The fourth-order valence-electron chi connectivity index (χ4n) is 2.82. The Bertz CT molecular complexity index is 635. The van der Waals surface area contributed by atoms with Crippen molar-refractivity contribution in [3.8, 4) is 5.88 Å². The molecule has 1 N–H and O–H groups in total. The Morgan fingerprint density at radius 3 is 2.87 bits per heavy atom. The smallest absolute Gasteiger partial charge is 0.218 e. The fraction of sp³-hybridized carbons (Fsp3) is 0.412. The van der Waals surface area contributed by atoms with Gasteiger partial charge in [0.1, 0.15) is 12.1 Å². The van der Waals surface area contributed by atoms with E-state index in [0.717, 1.165) is 31.9 Å². The van der Waals surface area contributed by atoms with Crippen LogP contribution in [0.15, 0.2) is 41.6 Å². The zero-order valence-corrected chi connectivity index (χ0v) is 14.3. The highest BCUT2D eigenvalue weighted by atomic mass is 32.2. The van der Waals surface area contributed by atoms with Crippen molar-refractivity contribution in [3.05, 3.63) is 42.2 Å². The predicted octanol–water partition coefficient (Wildman–Crippen LogP) is 2.89. The van der Waals surface area contributed by atoms with E-state index >= 15 is 0 Å². The molecule has 0 aliphatic carbocycles. The highest BCUT2D eigenvalue weighted by Gasteiger charge is 2.22. The highest BCUT2D eigenvalue weighted by Crippen LogP contribution is 2.20. The lowest BCUT2D eigenvalue weighted by Gasteiger charge is -2.17. The quantitative estimate of drug-likeness (QED) is 0.822. The Balaban J connectivity index is 1.53. The van der Waals surface area contributed by atoms with Gasteiger partial charge in [0.25, 0.3) is 0 Å². The number of ether oxygens (including phenoxy) is 1. The molecule has 1 saturated heterocycles. The van der Waals surface area contributed by atoms with Gasteiger partial charge in [0.2, 0.25) is 5.88 Å². The standard InChI is InChI=1S/C17H22N4OS/c1-22-17-9-16(18-12-19-17)20-14-7-8-21(11-14)10-13-3-5-15(23-2)6-4-13/h3-6,9,12,14H,7-8,10-11H2,1-2H3,(H,18,19,20). The van der Waals surface area contributed by atoms with E-state index in [-0.39, 0.29) is 0 Å². The number of benzene rings is 1. The van der Waals surface area contributed by atoms with Crippen LogP contribution in [0, 0.1) is 0 Å². The molecule has 23 heavy (non-hydrogen) atoms. The maximum absolute atomic E-state index is 5.14. The summed E-state index contributed by atoms with van der Waals surface area (Å²) in [7, 11) is 1.62. The predicted molar refractivity (Wildman–Crippen MR) is 94.1 cm³/mol. The number of nitrogens with one attached hydrogen (secondary N) is 1. The second-order valence-electron chi connectivity index (χ2n) is 5.66. The first-order chi connectivity index (χ1) is 11.3. The number of nitrogens with zero attached hydrogens (tertiary/aromatic N) is 3. The molecule has 1 fully saturated rings. The van der Waals surface area contributed by atoms with Gasteiger partial charge in [-0.25, -0.2) is 9.97 Å². The van der Waals surface area contributed by atoms with Crippen LogP contribution in [-0.2, 0) is 6.54 Å². The van der Waals surface area contributed by atoms with Gasteiger partial charge in [-0.2, -0.15) is 0 Å². The highest BCUT2D eigenvalue weighted by molar-refractivity contribution is 7.98. The molecule has 122 valence electrons. The average Bonchev–Trinajstić information content (AvgIpc) is 3.02. The summed E-state index contributed by atoms with van der Waals surface area (Å²) in [6.45, 7) is 3.13. The summed E-state index contributed by atoms with van der Waals surface area (Å²) in [6.07, 6.45) is 4.75. The third-order valence-corrected chi connectivity index (χ3v) is 4.78. The first-order valence-electron chi connectivity index (χ1n) is 7.74. The Morgan fingerprint density at radius 1 is 1.30 bits per heavy atom. The van der Waals surface area contributed by atoms with Crippen molar-refractivity contribution in [2.45, 2.75) is 23.9 Å². The van der Waals surface area contributed by atoms with Crippen molar-refractivity contribution in [2.24, 2.45) is 0 Å². The van der Waals surface area contributed by atoms with E-state index in [1.54, 1.807) is 18.9 Å². The molecule has 1 aliphatic heterocycles. The minimum Gasteiger partial charge on any atom is -0.481 e. The number of hydrogen-bond acceptors (Lipinski definition) is 6. The van der Waals surface area contributed by atoms with Crippen LogP contribution >= 0.6 is 11.8 Å². The average molecular weight is 330 g/mol. The normalized spacial score (nSPS) is 18.1. The Kier molecular flexibility index (Phi) is 5.35. The van der Waals surface area contributed by atoms with Crippen molar-refractivity contribution in [1.82, 2.24) is 14.9 Å². The van der Waals surface area contributed by atoms with Crippen molar-refractivity contribution in [1.29, 1.82) is 0 Å². The number of likely N-dealkylation sites (tertiary alicyclic amines) is 1. The van der Waals surface area contributed by atoms with Crippen molar-refractivity contribution >= 4 is 17.6 Å². The molecule has 3 rings (SSSR count). The molecule has 0 amide bonds. The van der Waals surface area contributed by atoms with Crippen LogP contribution in [0.1, 0.15) is 12.0 Å². The molecule has 1 aromatic heterocycles. The molecule has 0 saturated carbocycles. The molecule has 1 aromatic carbocycles. The van der Waals surface area contributed by atoms with Crippen LogP contribution < -0.4 is 10.1 Å². The van der Waals surface area contributed by atoms with E-state index in [4.69, 9.17) is 4.74 Å². The number of rotatable bonds is 6. The molecular weight excluding hydrogens is 308 g/mol. The lowest BCUT2D eigenvalue weighted by molar-refractivity contribution is 0.328. The number of methoxy groups -OCH3 is 1. The van der Waals surface area contributed by atoms with Gasteiger partial charge >= 0.3 is 0 Å². The molecule has 0 radical (unpaired) electrons. The number of hydrogen-bond donors (Lipinski definition) is 1. The summed E-state index contributed by atoms with van der Waals surface area (Å²) in [5.41, 5.74) is 1.37. The van der Waals surface area contributed by atoms with E-state index in [1.807, 2.05) is 6.07 Å². The molecule has 0 bridgehead atoms. The Morgan fingerprint density at radius 2 is 2.13 bits per heavy atom. The van der Waals surface area contributed by atoms with Crippen LogP contribution in [-0.4, -0.2) is 47.4 Å². The molecule has 5 nitrogen and oxygen atoms in total. The van der Waals surface area contributed by atoms with Crippen molar-refractivity contribution in [3.63, 3.8) is 0 Å². The third-order valence-electron chi connectivity index (χ3n) is 4.04. The van der Waals surface area contributed by atoms with E-state index in [0.29, 0.717) is 11.9 Å². The number of aromatic nitrogens is 2. The van der Waals surface area contributed by atoms with Gasteiger partial charge in [-0.1, -0.05) is 12.1 Å². The summed E-state index contributed by atoms with van der Waals surface area (Å²) >= 11 is 1.78. The van der Waals surface area contributed by atoms with Crippen LogP contribution in [0.3, 0.4) is 0 Å². The lowest BCUT2D eigenvalue weighted by atomic mass is 10.2. The third kappa shape index (κ3) is 4.36. The van der Waals surface area contributed by atoms with Gasteiger partial charge in [0, 0.05) is 36.6 Å². The number of thioether (sulfide) groups is 1.